The van der Waals surface area contributed by atoms with Crippen molar-refractivity contribution < 1.29 is 9.59 Å². The third-order valence-electron chi connectivity index (χ3n) is 4.95. The Kier molecular flexibility index (Phi) is 6.88. The maximum absolute atomic E-state index is 12.5. The van der Waals surface area contributed by atoms with Gasteiger partial charge in [0.25, 0.3) is 0 Å². The minimum absolute atomic E-state index is 0.168. The third kappa shape index (κ3) is 4.55. The molecular weight excluding hydrogens is 372 g/mol. The Morgan fingerprint density at radius 3 is 2.50 bits per heavy atom. The number of hydrogen-bond acceptors (Lipinski definition) is 5. The van der Waals surface area contributed by atoms with Crippen LogP contribution < -0.4 is 10.6 Å². The fourth-order valence-electron chi connectivity index (χ4n) is 3.04. The van der Waals surface area contributed by atoms with Crippen LogP contribution in [-0.4, -0.2) is 23.6 Å². The summed E-state index contributed by atoms with van der Waals surface area (Å²) in [6.07, 6.45) is 0. The summed E-state index contributed by atoms with van der Waals surface area (Å²) < 4.78 is 0. The van der Waals surface area contributed by atoms with Crippen LogP contribution in [0.25, 0.3) is 0 Å². The minimum Gasteiger partial charge on any atom is -0.355 e. The van der Waals surface area contributed by atoms with E-state index in [1.165, 1.54) is 0 Å². The Morgan fingerprint density at radius 2 is 1.93 bits per heavy atom. The van der Waals surface area contributed by atoms with E-state index in [9.17, 15) is 20.1 Å². The molecule has 2 amide bonds. The lowest BCUT2D eigenvalue weighted by molar-refractivity contribution is -0.125. The minimum atomic E-state index is -0.942. The van der Waals surface area contributed by atoms with Gasteiger partial charge in [-0.2, -0.15) is 10.5 Å². The molecule has 0 aliphatic carbocycles. The summed E-state index contributed by atoms with van der Waals surface area (Å²) in [7, 11) is 0. The molecule has 0 radical (unpaired) electrons. The predicted molar refractivity (Wildman–Crippen MR) is 109 cm³/mol. The molecule has 28 heavy (non-hydrogen) atoms. The summed E-state index contributed by atoms with van der Waals surface area (Å²) in [4.78, 5) is 24.8. The fraction of sp³-hybridized carbons (Fsp3) is 0.429. The second-order valence-corrected chi connectivity index (χ2v) is 8.76. The maximum atomic E-state index is 12.5. The number of amides is 2. The Balaban J connectivity index is 2.06. The van der Waals surface area contributed by atoms with Gasteiger partial charge in [-0.25, -0.2) is 0 Å². The first-order chi connectivity index (χ1) is 13.2. The van der Waals surface area contributed by atoms with Gasteiger partial charge in [0, 0.05) is 12.0 Å². The summed E-state index contributed by atoms with van der Waals surface area (Å²) in [6.45, 7) is 7.66. The highest BCUT2D eigenvalue weighted by Gasteiger charge is 2.45. The highest BCUT2D eigenvalue weighted by Crippen LogP contribution is 2.42. The lowest BCUT2D eigenvalue weighted by Crippen LogP contribution is -2.45. The molecule has 0 saturated carbocycles. The average molecular weight is 397 g/mol. The highest BCUT2D eigenvalue weighted by molar-refractivity contribution is 8.04. The molecule has 0 spiro atoms. The lowest BCUT2D eigenvalue weighted by atomic mass is 9.72. The largest absolute Gasteiger partial charge is 0.355 e. The second kappa shape index (κ2) is 8.95. The van der Waals surface area contributed by atoms with Crippen molar-refractivity contribution in [3.63, 3.8) is 0 Å². The predicted octanol–water partition coefficient (Wildman–Crippen LogP) is 3.06. The Labute approximate surface area is 170 Å². The topological polar surface area (TPSA) is 106 Å². The number of nitrogens with zero attached hydrogens (tertiary/aromatic N) is 2. The molecule has 1 aromatic rings. The zero-order valence-corrected chi connectivity index (χ0v) is 17.3. The van der Waals surface area contributed by atoms with E-state index in [2.05, 4.69) is 16.7 Å². The van der Waals surface area contributed by atoms with E-state index >= 15 is 0 Å². The molecule has 1 heterocycles. The number of nitriles is 2. The van der Waals surface area contributed by atoms with E-state index in [-0.39, 0.29) is 11.8 Å². The SMILES string of the molecule is C[C@H](CNC(=O)[C@@H](C)SC1=C(C#N)C(C)(C)[C@@H](C#N)C(=O)N1)c1ccccc1. The quantitative estimate of drug-likeness (QED) is 0.769. The molecule has 1 aliphatic rings. The van der Waals surface area contributed by atoms with Crippen molar-refractivity contribution in [2.75, 3.05) is 6.54 Å². The van der Waals surface area contributed by atoms with E-state index in [0.29, 0.717) is 17.1 Å². The Morgan fingerprint density at radius 1 is 1.29 bits per heavy atom. The molecule has 6 nitrogen and oxygen atoms in total. The van der Waals surface area contributed by atoms with Gasteiger partial charge in [-0.05, 0) is 18.4 Å². The van der Waals surface area contributed by atoms with E-state index in [0.717, 1.165) is 17.3 Å². The molecule has 0 unspecified atom stereocenters. The van der Waals surface area contributed by atoms with Gasteiger partial charge >= 0.3 is 0 Å². The van der Waals surface area contributed by atoms with E-state index in [1.807, 2.05) is 43.3 Å². The fourth-order valence-corrected chi connectivity index (χ4v) is 4.17. The molecule has 146 valence electrons. The van der Waals surface area contributed by atoms with Crippen molar-refractivity contribution in [2.45, 2.75) is 38.9 Å². The van der Waals surface area contributed by atoms with Gasteiger partial charge in [-0.15, -0.1) is 0 Å². The first-order valence-corrected chi connectivity index (χ1v) is 9.95. The molecular formula is C21H24N4O2S. The summed E-state index contributed by atoms with van der Waals surface area (Å²) in [5.74, 6) is -1.39. The Bertz CT molecular complexity index is 865. The first kappa shape index (κ1) is 21.5. The van der Waals surface area contributed by atoms with E-state index in [4.69, 9.17) is 0 Å². The number of nitrogens with one attached hydrogen (secondary N) is 2. The second-order valence-electron chi connectivity index (χ2n) is 7.41. The number of thioether (sulfide) groups is 1. The summed E-state index contributed by atoms with van der Waals surface area (Å²) in [5.41, 5.74) is 0.550. The lowest BCUT2D eigenvalue weighted by Gasteiger charge is -2.35. The van der Waals surface area contributed by atoms with E-state index < -0.39 is 22.5 Å². The molecule has 0 aromatic heterocycles. The number of hydrogen-bond donors (Lipinski definition) is 2. The van der Waals surface area contributed by atoms with Crippen LogP contribution in [0.1, 0.15) is 39.2 Å². The van der Waals surface area contributed by atoms with Crippen molar-refractivity contribution in [3.05, 3.63) is 46.5 Å². The van der Waals surface area contributed by atoms with E-state index in [1.54, 1.807) is 20.8 Å². The molecule has 3 atom stereocenters. The number of carbonyl (C=O) groups is 2. The normalized spacial score (nSPS) is 20.4. The highest BCUT2D eigenvalue weighted by atomic mass is 32.2. The first-order valence-electron chi connectivity index (χ1n) is 9.07. The molecule has 2 rings (SSSR count). The van der Waals surface area contributed by atoms with Crippen LogP contribution in [0.2, 0.25) is 0 Å². The van der Waals surface area contributed by atoms with Crippen molar-refractivity contribution in [2.24, 2.45) is 11.3 Å². The number of allylic oxidation sites excluding steroid dienone is 1. The van der Waals surface area contributed by atoms with Gasteiger partial charge in [0.1, 0.15) is 5.92 Å². The van der Waals surface area contributed by atoms with Crippen molar-refractivity contribution >= 4 is 23.6 Å². The molecule has 0 saturated heterocycles. The zero-order valence-electron chi connectivity index (χ0n) is 16.4. The number of benzene rings is 1. The molecule has 1 aliphatic heterocycles. The number of rotatable bonds is 6. The van der Waals surface area contributed by atoms with Crippen molar-refractivity contribution in [3.8, 4) is 12.1 Å². The number of carbonyl (C=O) groups excluding carboxylic acids is 2. The Hall–Kier alpha value is -2.77. The standard InChI is InChI=1S/C21H24N4O2S/c1-13(15-8-6-5-7-9-15)12-24-18(26)14(2)28-20-17(11-23)21(3,4)16(10-22)19(27)25-20/h5-9,13-14,16H,12H2,1-4H3,(H,24,26)(H,25,27)/t13-,14-,16+/m1/s1. The smallest absolute Gasteiger partial charge is 0.243 e. The van der Waals surface area contributed by atoms with Gasteiger partial charge in [0.15, 0.2) is 0 Å². The molecule has 7 heteroatoms. The van der Waals surface area contributed by atoms with Gasteiger partial charge in [-0.3, -0.25) is 9.59 Å². The van der Waals surface area contributed by atoms with Gasteiger partial charge in [0.05, 0.1) is 28.0 Å². The average Bonchev–Trinajstić information content (AvgIpc) is 2.66. The molecule has 2 N–H and O–H groups in total. The van der Waals surface area contributed by atoms with Crippen molar-refractivity contribution in [1.29, 1.82) is 10.5 Å². The third-order valence-corrected chi connectivity index (χ3v) is 6.06. The van der Waals surface area contributed by atoms with Gasteiger partial charge in [0.2, 0.25) is 11.8 Å². The van der Waals surface area contributed by atoms with Crippen LogP contribution in [0.3, 0.4) is 0 Å². The van der Waals surface area contributed by atoms with Gasteiger partial charge < -0.3 is 10.6 Å². The van der Waals surface area contributed by atoms with Gasteiger partial charge in [-0.1, -0.05) is 62.9 Å². The monoisotopic (exact) mass is 396 g/mol. The zero-order chi connectivity index (χ0) is 20.9. The summed E-state index contributed by atoms with van der Waals surface area (Å²) in [6, 6.07) is 14.0. The maximum Gasteiger partial charge on any atom is 0.243 e. The molecule has 0 fully saturated rings. The van der Waals surface area contributed by atoms with Crippen LogP contribution in [0.15, 0.2) is 40.9 Å². The van der Waals surface area contributed by atoms with Crippen LogP contribution in [0, 0.1) is 34.0 Å². The van der Waals surface area contributed by atoms with Crippen LogP contribution in [0.5, 0.6) is 0 Å². The van der Waals surface area contributed by atoms with Crippen LogP contribution in [-0.2, 0) is 9.59 Å². The van der Waals surface area contributed by atoms with Crippen molar-refractivity contribution in [1.82, 2.24) is 10.6 Å². The summed E-state index contributed by atoms with van der Waals surface area (Å²) in [5, 5.41) is 24.2. The van der Waals surface area contributed by atoms with Crippen LogP contribution in [0.4, 0.5) is 0 Å². The van der Waals surface area contributed by atoms with Crippen LogP contribution >= 0.6 is 11.8 Å². The summed E-state index contributed by atoms with van der Waals surface area (Å²) >= 11 is 1.13. The molecule has 0 bridgehead atoms. The molecule has 1 aromatic carbocycles.